The van der Waals surface area contributed by atoms with Crippen LogP contribution in [0.5, 0.6) is 0 Å². The summed E-state index contributed by atoms with van der Waals surface area (Å²) in [5, 5.41) is 31.2. The zero-order chi connectivity index (χ0) is 15.2. The Balaban J connectivity index is 1.89. The lowest BCUT2D eigenvalue weighted by atomic mass is 9.49. The van der Waals surface area contributed by atoms with E-state index in [9.17, 15) is 20.1 Å². The summed E-state index contributed by atoms with van der Waals surface area (Å²) < 4.78 is 11.7. The van der Waals surface area contributed by atoms with Gasteiger partial charge in [0.1, 0.15) is 17.8 Å². The molecule has 0 aromatic heterocycles. The highest BCUT2D eigenvalue weighted by molar-refractivity contribution is 5.87. The van der Waals surface area contributed by atoms with Gasteiger partial charge in [-0.05, 0) is 12.8 Å². The molecule has 4 fully saturated rings. The molecule has 1 unspecified atom stereocenters. The van der Waals surface area contributed by atoms with E-state index in [0.717, 1.165) is 0 Å². The van der Waals surface area contributed by atoms with Gasteiger partial charge in [0, 0.05) is 11.3 Å². The first-order valence-corrected chi connectivity index (χ1v) is 7.64. The molecule has 3 N–H and O–H groups in total. The minimum Gasteiger partial charge on any atom is -0.396 e. The van der Waals surface area contributed by atoms with Crippen LogP contribution in [-0.4, -0.2) is 64.3 Å². The minimum absolute atomic E-state index is 0.249. The molecule has 0 aromatic rings. The van der Waals surface area contributed by atoms with Crippen molar-refractivity contribution < 1.29 is 29.6 Å². The molecule has 2 aliphatic carbocycles. The van der Waals surface area contributed by atoms with E-state index < -0.39 is 40.8 Å². The van der Waals surface area contributed by atoms with Crippen molar-refractivity contribution in [1.82, 2.24) is 0 Å². The summed E-state index contributed by atoms with van der Waals surface area (Å²) in [5.41, 5.74) is -2.44. The van der Waals surface area contributed by atoms with Gasteiger partial charge in [0.25, 0.3) is 0 Å². The van der Waals surface area contributed by atoms with Gasteiger partial charge >= 0.3 is 0 Å². The number of aliphatic hydroxyl groups is 3. The van der Waals surface area contributed by atoms with Crippen molar-refractivity contribution in [3.8, 4) is 0 Å². The maximum Gasteiger partial charge on any atom is 0.164 e. The van der Waals surface area contributed by atoms with Crippen LogP contribution in [0.4, 0.5) is 0 Å². The first-order valence-electron chi connectivity index (χ1n) is 7.64. The fraction of sp³-hybridized carbons (Fsp3) is 0.933. The number of ether oxygens (including phenoxy) is 2. The number of epoxide rings is 1. The summed E-state index contributed by atoms with van der Waals surface area (Å²) in [5.74, 6) is -0.556. The smallest absolute Gasteiger partial charge is 0.164 e. The topological polar surface area (TPSA) is 99.5 Å². The predicted molar refractivity (Wildman–Crippen MR) is 70.4 cm³/mol. The number of aliphatic hydroxyl groups excluding tert-OH is 3. The van der Waals surface area contributed by atoms with Crippen LogP contribution in [0.15, 0.2) is 0 Å². The zero-order valence-corrected chi connectivity index (χ0v) is 12.3. The largest absolute Gasteiger partial charge is 0.396 e. The second-order valence-corrected chi connectivity index (χ2v) is 7.47. The Bertz CT molecular complexity index is 502. The number of hydrogen-bond acceptors (Lipinski definition) is 6. The first-order chi connectivity index (χ1) is 9.84. The SMILES string of the molecule is CC1C[C@@H]2O[C@@H]3[C@H](O)C[C@](C)([C@@]2(CO)[C@H](O)C1=O)[C@]31CO1. The highest BCUT2D eigenvalue weighted by Crippen LogP contribution is 2.71. The maximum atomic E-state index is 12.4. The average molecular weight is 298 g/mol. The Morgan fingerprint density at radius 1 is 1.38 bits per heavy atom. The van der Waals surface area contributed by atoms with Crippen LogP contribution in [0.1, 0.15) is 26.7 Å². The Kier molecular flexibility index (Phi) is 2.59. The molecular weight excluding hydrogens is 276 g/mol. The van der Waals surface area contributed by atoms with Crippen LogP contribution in [0.25, 0.3) is 0 Å². The molecule has 6 nitrogen and oxygen atoms in total. The van der Waals surface area contributed by atoms with E-state index in [-0.39, 0.29) is 18.3 Å². The van der Waals surface area contributed by atoms with Gasteiger partial charge in [-0.2, -0.15) is 0 Å². The normalized spacial score (nSPS) is 62.0. The minimum atomic E-state index is -1.28. The molecule has 2 saturated carbocycles. The summed E-state index contributed by atoms with van der Waals surface area (Å²) in [4.78, 5) is 12.4. The quantitative estimate of drug-likeness (QED) is 0.550. The van der Waals surface area contributed by atoms with Crippen LogP contribution >= 0.6 is 0 Å². The Morgan fingerprint density at radius 3 is 2.62 bits per heavy atom. The lowest BCUT2D eigenvalue weighted by Gasteiger charge is -2.60. The van der Waals surface area contributed by atoms with E-state index >= 15 is 0 Å². The van der Waals surface area contributed by atoms with E-state index in [1.807, 2.05) is 6.92 Å². The lowest BCUT2D eigenvalue weighted by Crippen LogP contribution is -2.72. The molecule has 4 rings (SSSR count). The van der Waals surface area contributed by atoms with Gasteiger partial charge < -0.3 is 24.8 Å². The third-order valence-corrected chi connectivity index (χ3v) is 6.80. The van der Waals surface area contributed by atoms with Gasteiger partial charge in [0.15, 0.2) is 5.78 Å². The number of carbonyl (C=O) groups excluding carboxylic acids is 1. The van der Waals surface area contributed by atoms with Crippen molar-refractivity contribution in [1.29, 1.82) is 0 Å². The van der Waals surface area contributed by atoms with E-state index in [2.05, 4.69) is 0 Å². The maximum absolute atomic E-state index is 12.4. The third kappa shape index (κ3) is 1.27. The van der Waals surface area contributed by atoms with Crippen molar-refractivity contribution in [3.05, 3.63) is 0 Å². The molecule has 2 heterocycles. The van der Waals surface area contributed by atoms with Crippen LogP contribution in [-0.2, 0) is 14.3 Å². The van der Waals surface area contributed by atoms with Crippen molar-refractivity contribution in [2.45, 2.75) is 56.7 Å². The van der Waals surface area contributed by atoms with Gasteiger partial charge in [-0.25, -0.2) is 0 Å². The summed E-state index contributed by atoms with van der Waals surface area (Å²) in [7, 11) is 0. The molecule has 0 amide bonds. The molecular formula is C15H22O6. The Hall–Kier alpha value is -0.530. The van der Waals surface area contributed by atoms with E-state index in [1.54, 1.807) is 6.92 Å². The third-order valence-electron chi connectivity index (χ3n) is 6.80. The number of hydrogen-bond donors (Lipinski definition) is 3. The molecule has 1 spiro atoms. The number of rotatable bonds is 1. The fourth-order valence-electron chi connectivity index (χ4n) is 5.39. The van der Waals surface area contributed by atoms with Gasteiger partial charge in [0.2, 0.25) is 0 Å². The molecule has 21 heavy (non-hydrogen) atoms. The standard InChI is InChI=1S/C15H22O6/c1-7-3-9-14(5-16,11(19)10(7)18)13(2)4-8(17)12(21-9)15(13)6-20-15/h7-9,11-12,16-17,19H,3-6H2,1-2H3/t7?,8-,9+,11-,12-,13-,14-,15+/m1/s1. The van der Waals surface area contributed by atoms with Crippen LogP contribution in [0.2, 0.25) is 0 Å². The number of fused-ring (bicyclic) bond motifs is 2. The van der Waals surface area contributed by atoms with Gasteiger partial charge in [-0.15, -0.1) is 0 Å². The summed E-state index contributed by atoms with van der Waals surface area (Å²) in [6.07, 6.45) is -2.01. The average Bonchev–Trinajstić information content (AvgIpc) is 3.20. The van der Waals surface area contributed by atoms with E-state index in [4.69, 9.17) is 9.47 Å². The van der Waals surface area contributed by atoms with Crippen molar-refractivity contribution in [2.24, 2.45) is 16.7 Å². The highest BCUT2D eigenvalue weighted by Gasteiger charge is 2.83. The second kappa shape index (κ2) is 3.86. The summed E-state index contributed by atoms with van der Waals surface area (Å²) in [6, 6.07) is 0. The van der Waals surface area contributed by atoms with Gasteiger partial charge in [0.05, 0.1) is 30.8 Å². The fourth-order valence-corrected chi connectivity index (χ4v) is 5.39. The van der Waals surface area contributed by atoms with Crippen molar-refractivity contribution >= 4 is 5.78 Å². The van der Waals surface area contributed by atoms with Crippen LogP contribution in [0.3, 0.4) is 0 Å². The molecule has 118 valence electrons. The molecule has 4 aliphatic rings. The first kappa shape index (κ1) is 14.1. The summed E-state index contributed by atoms with van der Waals surface area (Å²) in [6.45, 7) is 3.78. The summed E-state index contributed by atoms with van der Waals surface area (Å²) >= 11 is 0. The molecule has 0 aromatic carbocycles. The number of carbonyl (C=O) groups is 1. The molecule has 6 heteroatoms. The van der Waals surface area contributed by atoms with E-state index in [0.29, 0.717) is 19.4 Å². The molecule has 2 saturated heterocycles. The second-order valence-electron chi connectivity index (χ2n) is 7.47. The van der Waals surface area contributed by atoms with Crippen molar-refractivity contribution in [2.75, 3.05) is 13.2 Å². The number of ketones is 1. The Labute approximate surface area is 123 Å². The Morgan fingerprint density at radius 2 is 2.05 bits per heavy atom. The lowest BCUT2D eigenvalue weighted by molar-refractivity contribution is -0.268. The monoisotopic (exact) mass is 298 g/mol. The van der Waals surface area contributed by atoms with Crippen molar-refractivity contribution in [3.63, 3.8) is 0 Å². The van der Waals surface area contributed by atoms with Gasteiger partial charge in [-0.3, -0.25) is 4.79 Å². The highest BCUT2D eigenvalue weighted by atomic mass is 16.6. The predicted octanol–water partition coefficient (Wildman–Crippen LogP) is -0.758. The zero-order valence-electron chi connectivity index (χ0n) is 12.3. The number of Topliss-reactive ketones (excluding diaryl/α,β-unsaturated/α-hetero) is 1. The van der Waals surface area contributed by atoms with Crippen LogP contribution < -0.4 is 0 Å². The van der Waals surface area contributed by atoms with Crippen LogP contribution in [0, 0.1) is 16.7 Å². The van der Waals surface area contributed by atoms with Gasteiger partial charge in [-0.1, -0.05) is 13.8 Å². The molecule has 0 radical (unpaired) electrons. The molecule has 2 aliphatic heterocycles. The molecule has 8 atom stereocenters. The van der Waals surface area contributed by atoms with E-state index in [1.165, 1.54) is 0 Å². The molecule has 2 bridgehead atoms.